The van der Waals surface area contributed by atoms with Gasteiger partial charge in [-0.3, -0.25) is 37.3 Å². The van der Waals surface area contributed by atoms with E-state index in [2.05, 4.69) is 48.5 Å². The van der Waals surface area contributed by atoms with Gasteiger partial charge in [0.1, 0.15) is 19.3 Å². The second-order valence-corrected chi connectivity index (χ2v) is 29.5. The van der Waals surface area contributed by atoms with Gasteiger partial charge >= 0.3 is 39.5 Å². The molecule has 3 N–H and O–H groups in total. The Morgan fingerprint density at radius 2 is 0.567 bits per heavy atom. The Labute approximate surface area is 549 Å². The van der Waals surface area contributed by atoms with Crippen molar-refractivity contribution in [3.8, 4) is 0 Å². The molecule has 0 aliphatic heterocycles. The minimum Gasteiger partial charge on any atom is -0.462 e. The number of phosphoric acid groups is 2. The molecule has 0 radical (unpaired) electrons. The van der Waals surface area contributed by atoms with E-state index in [-0.39, 0.29) is 25.7 Å². The largest absolute Gasteiger partial charge is 0.472 e. The summed E-state index contributed by atoms with van der Waals surface area (Å²) in [6, 6.07) is 0. The summed E-state index contributed by atoms with van der Waals surface area (Å²) in [5, 5.41) is 10.6. The van der Waals surface area contributed by atoms with E-state index in [0.717, 1.165) is 114 Å². The molecule has 0 aromatic heterocycles. The monoisotopic (exact) mass is 1320 g/mol. The predicted molar refractivity (Wildman–Crippen MR) is 363 cm³/mol. The molecule has 7 atom stereocenters. The molecular formula is C71H138O17P2. The number of carbonyl (C=O) groups is 4. The number of aliphatic hydroxyl groups is 1. The highest BCUT2D eigenvalue weighted by Crippen LogP contribution is 2.45. The van der Waals surface area contributed by atoms with E-state index >= 15 is 0 Å². The zero-order valence-corrected chi connectivity index (χ0v) is 60.4. The van der Waals surface area contributed by atoms with E-state index in [1.807, 2.05) is 0 Å². The van der Waals surface area contributed by atoms with Gasteiger partial charge in [0.2, 0.25) is 0 Å². The molecule has 0 aliphatic rings. The highest BCUT2D eigenvalue weighted by atomic mass is 31.2. The average molecular weight is 1330 g/mol. The van der Waals surface area contributed by atoms with Crippen molar-refractivity contribution >= 4 is 39.5 Å². The SMILES string of the molecule is CCCCCCCCCCC(=O)OC[C@H](COP(=O)(O)OC[C@H](O)COP(=O)(O)OC[C@@H](COC(=O)CCCCCCCCCCCCC(C)CC)OC(=O)CCCCCCCCCCCCCC(C)C)OC(=O)CCCCCCCCCCCCC(C)CC. The van der Waals surface area contributed by atoms with Crippen LogP contribution in [0.15, 0.2) is 0 Å². The molecule has 19 heteroatoms. The first-order chi connectivity index (χ1) is 43.3. The molecule has 0 saturated carbocycles. The standard InChI is InChI=1S/C71H138O17P2/c1-8-11-12-13-14-31-38-45-52-68(73)81-58-66(87-71(76)55-48-41-34-27-21-19-24-30-37-44-51-64(7)10-3)60-85-89(77,78)83-56-65(72)57-84-90(79,80)86-61-67(88-70(75)54-47-40-33-26-17-15-16-22-28-35-42-49-62(4)5)59-82-69(74)53-46-39-32-25-20-18-23-29-36-43-50-63(6)9-2/h62-67,72H,8-61H2,1-7H3,(H,77,78)(H,79,80)/t63?,64?,65-,66+,67+/m0/s1. The molecule has 0 aromatic rings. The van der Waals surface area contributed by atoms with Gasteiger partial charge in [0.15, 0.2) is 12.2 Å². The van der Waals surface area contributed by atoms with Gasteiger partial charge in [0.05, 0.1) is 26.4 Å². The number of rotatable bonds is 69. The number of aliphatic hydroxyl groups excluding tert-OH is 1. The Hall–Kier alpha value is -1.94. The maximum Gasteiger partial charge on any atom is 0.472 e. The summed E-state index contributed by atoms with van der Waals surface area (Å²) in [5.74, 6) is 0.252. The Balaban J connectivity index is 5.24. The Morgan fingerprint density at radius 1 is 0.322 bits per heavy atom. The maximum absolute atomic E-state index is 13.0. The first-order valence-electron chi connectivity index (χ1n) is 36.9. The van der Waals surface area contributed by atoms with Gasteiger partial charge < -0.3 is 33.8 Å². The first-order valence-corrected chi connectivity index (χ1v) is 39.9. The number of esters is 4. The van der Waals surface area contributed by atoms with Crippen LogP contribution in [0.3, 0.4) is 0 Å². The quantitative estimate of drug-likeness (QED) is 0.0222. The van der Waals surface area contributed by atoms with Crippen molar-refractivity contribution < 1.29 is 80.2 Å². The highest BCUT2D eigenvalue weighted by molar-refractivity contribution is 7.47. The summed E-state index contributed by atoms with van der Waals surface area (Å²) >= 11 is 0. The molecule has 534 valence electrons. The summed E-state index contributed by atoms with van der Waals surface area (Å²) in [6.45, 7) is 11.9. The summed E-state index contributed by atoms with van der Waals surface area (Å²) in [4.78, 5) is 72.5. The predicted octanol–water partition coefficient (Wildman–Crippen LogP) is 20.2. The van der Waals surface area contributed by atoms with Crippen LogP contribution in [0.1, 0.15) is 357 Å². The number of ether oxygens (including phenoxy) is 4. The van der Waals surface area contributed by atoms with Crippen LogP contribution in [-0.2, 0) is 65.4 Å². The van der Waals surface area contributed by atoms with Crippen LogP contribution in [-0.4, -0.2) is 96.7 Å². The van der Waals surface area contributed by atoms with Crippen molar-refractivity contribution in [3.05, 3.63) is 0 Å². The summed E-state index contributed by atoms with van der Waals surface area (Å²) < 4.78 is 68.3. The van der Waals surface area contributed by atoms with E-state index < -0.39 is 97.5 Å². The molecule has 4 unspecified atom stereocenters. The summed E-state index contributed by atoms with van der Waals surface area (Å²) in [5.41, 5.74) is 0. The fourth-order valence-electron chi connectivity index (χ4n) is 10.7. The molecule has 0 aliphatic carbocycles. The normalized spacial score (nSPS) is 14.8. The van der Waals surface area contributed by atoms with Gasteiger partial charge in [0, 0.05) is 25.7 Å². The zero-order chi connectivity index (χ0) is 66.6. The number of hydrogen-bond acceptors (Lipinski definition) is 15. The van der Waals surface area contributed by atoms with E-state index in [4.69, 9.17) is 37.0 Å². The van der Waals surface area contributed by atoms with Crippen LogP contribution in [0.2, 0.25) is 0 Å². The van der Waals surface area contributed by atoms with Gasteiger partial charge in [-0.1, -0.05) is 305 Å². The van der Waals surface area contributed by atoms with Crippen molar-refractivity contribution in [2.24, 2.45) is 17.8 Å². The molecule has 0 fully saturated rings. The Kier molecular flexibility index (Phi) is 60.6. The summed E-state index contributed by atoms with van der Waals surface area (Å²) in [7, 11) is -9.90. The minimum absolute atomic E-state index is 0.106. The second kappa shape index (κ2) is 61.9. The van der Waals surface area contributed by atoms with Gasteiger partial charge in [-0.2, -0.15) is 0 Å². The van der Waals surface area contributed by atoms with Crippen LogP contribution in [0, 0.1) is 17.8 Å². The number of phosphoric ester groups is 2. The molecule has 0 bridgehead atoms. The molecule has 0 aromatic carbocycles. The third-order valence-electron chi connectivity index (χ3n) is 17.1. The molecular weight excluding hydrogens is 1190 g/mol. The molecule has 0 amide bonds. The number of unbranched alkanes of at least 4 members (excludes halogenated alkanes) is 35. The van der Waals surface area contributed by atoms with E-state index in [1.54, 1.807) is 0 Å². The third kappa shape index (κ3) is 62.2. The first kappa shape index (κ1) is 88.1. The fraction of sp³-hybridized carbons (Fsp3) is 0.944. The van der Waals surface area contributed by atoms with Crippen LogP contribution < -0.4 is 0 Å². The molecule has 0 rings (SSSR count). The third-order valence-corrected chi connectivity index (χ3v) is 19.0. The van der Waals surface area contributed by atoms with Crippen molar-refractivity contribution in [1.29, 1.82) is 0 Å². The van der Waals surface area contributed by atoms with Crippen molar-refractivity contribution in [1.82, 2.24) is 0 Å². The van der Waals surface area contributed by atoms with Crippen LogP contribution in [0.25, 0.3) is 0 Å². The average Bonchev–Trinajstić information content (AvgIpc) is 3.69. The van der Waals surface area contributed by atoms with Gasteiger partial charge in [-0.15, -0.1) is 0 Å². The van der Waals surface area contributed by atoms with Crippen molar-refractivity contribution in [2.75, 3.05) is 39.6 Å². The Morgan fingerprint density at radius 3 is 0.844 bits per heavy atom. The number of hydrogen-bond donors (Lipinski definition) is 3. The molecule has 0 saturated heterocycles. The van der Waals surface area contributed by atoms with Crippen LogP contribution >= 0.6 is 15.6 Å². The fourth-order valence-corrected chi connectivity index (χ4v) is 12.2. The van der Waals surface area contributed by atoms with E-state index in [1.165, 1.54) is 161 Å². The molecule has 90 heavy (non-hydrogen) atoms. The minimum atomic E-state index is -4.95. The lowest BCUT2D eigenvalue weighted by Crippen LogP contribution is -2.30. The van der Waals surface area contributed by atoms with E-state index in [9.17, 15) is 43.2 Å². The number of carbonyl (C=O) groups excluding carboxylic acids is 4. The van der Waals surface area contributed by atoms with Crippen molar-refractivity contribution in [2.45, 2.75) is 375 Å². The van der Waals surface area contributed by atoms with Crippen LogP contribution in [0.5, 0.6) is 0 Å². The van der Waals surface area contributed by atoms with Gasteiger partial charge in [-0.25, -0.2) is 9.13 Å². The van der Waals surface area contributed by atoms with Crippen molar-refractivity contribution in [3.63, 3.8) is 0 Å². The van der Waals surface area contributed by atoms with Crippen LogP contribution in [0.4, 0.5) is 0 Å². The lowest BCUT2D eigenvalue weighted by Gasteiger charge is -2.21. The van der Waals surface area contributed by atoms with Gasteiger partial charge in [0.25, 0.3) is 0 Å². The zero-order valence-electron chi connectivity index (χ0n) is 58.6. The van der Waals surface area contributed by atoms with Gasteiger partial charge in [-0.05, 0) is 43.4 Å². The van der Waals surface area contributed by atoms with E-state index in [0.29, 0.717) is 25.7 Å². The maximum atomic E-state index is 13.0. The molecule has 0 heterocycles. The smallest absolute Gasteiger partial charge is 0.462 e. The lowest BCUT2D eigenvalue weighted by atomic mass is 9.99. The second-order valence-electron chi connectivity index (χ2n) is 26.6. The molecule has 17 nitrogen and oxygen atoms in total. The summed E-state index contributed by atoms with van der Waals surface area (Å²) in [6.07, 6.45) is 45.6. The molecule has 0 spiro atoms. The lowest BCUT2D eigenvalue weighted by molar-refractivity contribution is -0.161. The Bertz CT molecular complexity index is 1770. The highest BCUT2D eigenvalue weighted by Gasteiger charge is 2.30. The topological polar surface area (TPSA) is 237 Å².